The van der Waals surface area contributed by atoms with Gasteiger partial charge in [0.1, 0.15) is 5.69 Å². The molecule has 2 aromatic rings. The molecule has 0 bridgehead atoms. The van der Waals surface area contributed by atoms with Crippen molar-refractivity contribution in [3.63, 3.8) is 0 Å². The van der Waals surface area contributed by atoms with Crippen molar-refractivity contribution in [2.75, 3.05) is 18.4 Å². The molecule has 0 atom stereocenters. The average Bonchev–Trinajstić information content (AvgIpc) is 2.95. The molecule has 2 rings (SSSR count). The number of aryl methyl sites for hydroxylation is 1. The lowest BCUT2D eigenvalue weighted by atomic mass is 10.2. The first kappa shape index (κ1) is 16.0. The number of anilines is 2. The van der Waals surface area contributed by atoms with Crippen molar-refractivity contribution in [1.82, 2.24) is 9.88 Å². The van der Waals surface area contributed by atoms with Crippen LogP contribution in [0.2, 0.25) is 0 Å². The zero-order valence-electron chi connectivity index (χ0n) is 12.6. The number of amides is 1. The van der Waals surface area contributed by atoms with Gasteiger partial charge in [0.25, 0.3) is 5.91 Å². The quantitative estimate of drug-likeness (QED) is 0.786. The number of nitrogens with zero attached hydrogens (tertiary/aromatic N) is 2. The zero-order chi connectivity index (χ0) is 15.9. The predicted octanol–water partition coefficient (Wildman–Crippen LogP) is 4.01. The molecule has 0 spiro atoms. The maximum Gasteiger partial charge on any atom is 0.273 e. The predicted molar refractivity (Wildman–Crippen MR) is 92.9 cm³/mol. The highest BCUT2D eigenvalue weighted by atomic mass is 32.1. The Morgan fingerprint density at radius 1 is 1.36 bits per heavy atom. The third-order valence-corrected chi connectivity index (χ3v) is 3.74. The summed E-state index contributed by atoms with van der Waals surface area (Å²) in [6.07, 6.45) is 3.39. The zero-order valence-corrected chi connectivity index (χ0v) is 13.4. The number of benzene rings is 1. The number of hydrogen-bond donors (Lipinski definition) is 1. The molecule has 5 heteroatoms. The second-order valence-corrected chi connectivity index (χ2v) is 5.68. The first-order valence-electron chi connectivity index (χ1n) is 6.94. The molecule has 0 fully saturated rings. The lowest BCUT2D eigenvalue weighted by molar-refractivity contribution is 0.0786. The van der Waals surface area contributed by atoms with Crippen LogP contribution >= 0.6 is 11.3 Å². The fourth-order valence-corrected chi connectivity index (χ4v) is 2.69. The minimum absolute atomic E-state index is 0.117. The maximum absolute atomic E-state index is 12.4. The summed E-state index contributed by atoms with van der Waals surface area (Å²) in [4.78, 5) is 18.4. The van der Waals surface area contributed by atoms with Crippen molar-refractivity contribution in [2.45, 2.75) is 6.92 Å². The second kappa shape index (κ2) is 7.56. The molecule has 0 aliphatic rings. The third kappa shape index (κ3) is 4.05. The van der Waals surface area contributed by atoms with Gasteiger partial charge in [0, 0.05) is 24.2 Å². The Morgan fingerprint density at radius 2 is 2.09 bits per heavy atom. The Labute approximate surface area is 134 Å². The molecule has 0 aliphatic heterocycles. The molecule has 1 N–H and O–H groups in total. The molecule has 1 aromatic heterocycles. The molecule has 22 heavy (non-hydrogen) atoms. The number of carbonyl (C=O) groups excluding carboxylic acids is 1. The van der Waals surface area contributed by atoms with Gasteiger partial charge in [0.15, 0.2) is 5.13 Å². The van der Waals surface area contributed by atoms with Gasteiger partial charge in [0.2, 0.25) is 0 Å². The van der Waals surface area contributed by atoms with Gasteiger partial charge in [-0.2, -0.15) is 0 Å². The number of rotatable bonds is 7. The summed E-state index contributed by atoms with van der Waals surface area (Å²) >= 11 is 1.41. The first-order valence-corrected chi connectivity index (χ1v) is 7.82. The van der Waals surface area contributed by atoms with Gasteiger partial charge >= 0.3 is 0 Å². The number of nitrogens with one attached hydrogen (secondary N) is 1. The minimum atomic E-state index is -0.117. The van der Waals surface area contributed by atoms with E-state index in [0.29, 0.717) is 23.9 Å². The van der Waals surface area contributed by atoms with Crippen LogP contribution in [0.25, 0.3) is 0 Å². The molecule has 114 valence electrons. The maximum atomic E-state index is 12.4. The van der Waals surface area contributed by atoms with E-state index in [4.69, 9.17) is 0 Å². The molecule has 0 saturated heterocycles. The Hall–Kier alpha value is -2.40. The van der Waals surface area contributed by atoms with Crippen LogP contribution in [-0.4, -0.2) is 28.9 Å². The van der Waals surface area contributed by atoms with Gasteiger partial charge in [-0.15, -0.1) is 24.5 Å². The van der Waals surface area contributed by atoms with Crippen LogP contribution in [0, 0.1) is 6.92 Å². The van der Waals surface area contributed by atoms with E-state index in [-0.39, 0.29) is 5.91 Å². The summed E-state index contributed by atoms with van der Waals surface area (Å²) in [5, 5.41) is 5.68. The van der Waals surface area contributed by atoms with Crippen molar-refractivity contribution < 1.29 is 4.79 Å². The van der Waals surface area contributed by atoms with Crippen LogP contribution in [0.5, 0.6) is 0 Å². The number of carbonyl (C=O) groups is 1. The highest BCUT2D eigenvalue weighted by Gasteiger charge is 2.16. The Kier molecular flexibility index (Phi) is 5.49. The van der Waals surface area contributed by atoms with E-state index < -0.39 is 0 Å². The van der Waals surface area contributed by atoms with Gasteiger partial charge in [-0.25, -0.2) is 4.98 Å². The summed E-state index contributed by atoms with van der Waals surface area (Å²) in [6, 6.07) is 8.01. The summed E-state index contributed by atoms with van der Waals surface area (Å²) in [5.74, 6) is -0.117. The van der Waals surface area contributed by atoms with Gasteiger partial charge in [0.05, 0.1) is 0 Å². The van der Waals surface area contributed by atoms with E-state index in [0.717, 1.165) is 5.69 Å². The van der Waals surface area contributed by atoms with Crippen molar-refractivity contribution >= 4 is 28.1 Å². The van der Waals surface area contributed by atoms with Crippen LogP contribution in [0.3, 0.4) is 0 Å². The molecule has 1 amide bonds. The number of hydrogen-bond acceptors (Lipinski definition) is 4. The van der Waals surface area contributed by atoms with E-state index in [1.807, 2.05) is 31.2 Å². The minimum Gasteiger partial charge on any atom is -0.332 e. The van der Waals surface area contributed by atoms with Crippen LogP contribution in [0.15, 0.2) is 55.0 Å². The van der Waals surface area contributed by atoms with Crippen molar-refractivity contribution in [3.05, 3.63) is 66.2 Å². The largest absolute Gasteiger partial charge is 0.332 e. The van der Waals surface area contributed by atoms with Crippen LogP contribution in [0.4, 0.5) is 10.8 Å². The lowest BCUT2D eigenvalue weighted by Crippen LogP contribution is -2.31. The van der Waals surface area contributed by atoms with E-state index >= 15 is 0 Å². The van der Waals surface area contributed by atoms with Gasteiger partial charge in [-0.1, -0.05) is 24.3 Å². The summed E-state index contributed by atoms with van der Waals surface area (Å²) in [5.41, 5.74) is 2.56. The van der Waals surface area contributed by atoms with Crippen LogP contribution < -0.4 is 5.32 Å². The molecule has 1 heterocycles. The monoisotopic (exact) mass is 313 g/mol. The third-order valence-electron chi connectivity index (χ3n) is 2.98. The van der Waals surface area contributed by atoms with Crippen LogP contribution in [0.1, 0.15) is 16.1 Å². The highest BCUT2D eigenvalue weighted by Crippen LogP contribution is 2.22. The highest BCUT2D eigenvalue weighted by molar-refractivity contribution is 7.14. The van der Waals surface area contributed by atoms with Gasteiger partial charge in [-0.05, 0) is 24.6 Å². The molecule has 0 saturated carbocycles. The molecule has 0 aliphatic carbocycles. The molecule has 4 nitrogen and oxygen atoms in total. The van der Waals surface area contributed by atoms with Crippen LogP contribution in [-0.2, 0) is 0 Å². The van der Waals surface area contributed by atoms with E-state index in [1.54, 1.807) is 22.4 Å². The molecular weight excluding hydrogens is 294 g/mol. The smallest absolute Gasteiger partial charge is 0.273 e. The Morgan fingerprint density at radius 3 is 2.73 bits per heavy atom. The fraction of sp³-hybridized carbons (Fsp3) is 0.176. The molecular formula is C17H19N3OS. The second-order valence-electron chi connectivity index (χ2n) is 4.82. The Balaban J connectivity index is 2.11. The Bertz CT molecular complexity index is 668. The van der Waals surface area contributed by atoms with Crippen molar-refractivity contribution in [2.24, 2.45) is 0 Å². The normalized spacial score (nSPS) is 10.0. The van der Waals surface area contributed by atoms with E-state index in [1.165, 1.54) is 16.9 Å². The van der Waals surface area contributed by atoms with Crippen molar-refractivity contribution in [3.8, 4) is 0 Å². The summed E-state index contributed by atoms with van der Waals surface area (Å²) in [7, 11) is 0. The molecule has 1 aromatic carbocycles. The van der Waals surface area contributed by atoms with Gasteiger partial charge < -0.3 is 10.2 Å². The standard InChI is InChI=1S/C17H19N3OS/c1-4-9-20(10-5-2)16(21)15-12-22-17(19-15)18-14-8-6-7-13(3)11-14/h4-8,11-12H,1-2,9-10H2,3H3,(H,18,19). The SMILES string of the molecule is C=CCN(CC=C)C(=O)c1csc(Nc2cccc(C)c2)n1. The number of aromatic nitrogens is 1. The lowest BCUT2D eigenvalue weighted by Gasteiger charge is -2.17. The summed E-state index contributed by atoms with van der Waals surface area (Å²) in [6.45, 7) is 10.3. The van der Waals surface area contributed by atoms with Gasteiger partial charge in [-0.3, -0.25) is 4.79 Å². The topological polar surface area (TPSA) is 45.2 Å². The van der Waals surface area contributed by atoms with E-state index in [2.05, 4.69) is 23.5 Å². The average molecular weight is 313 g/mol. The fourth-order valence-electron chi connectivity index (χ4n) is 1.99. The molecule has 0 radical (unpaired) electrons. The first-order chi connectivity index (χ1) is 10.6. The summed E-state index contributed by atoms with van der Waals surface area (Å²) < 4.78 is 0. The van der Waals surface area contributed by atoms with Crippen molar-refractivity contribution in [1.29, 1.82) is 0 Å². The van der Waals surface area contributed by atoms with E-state index in [9.17, 15) is 4.79 Å². The molecule has 0 unspecified atom stereocenters. The number of thiazole rings is 1.